The van der Waals surface area contributed by atoms with Crippen LogP contribution in [0.3, 0.4) is 0 Å². The molecule has 3 aromatic carbocycles. The molecule has 0 radical (unpaired) electrons. The van der Waals surface area contributed by atoms with Crippen LogP contribution < -0.4 is 10.1 Å². The number of halogens is 1. The highest BCUT2D eigenvalue weighted by Crippen LogP contribution is 2.39. The zero-order valence-corrected chi connectivity index (χ0v) is 16.9. The van der Waals surface area contributed by atoms with Crippen LogP contribution in [-0.4, -0.2) is 30.9 Å². The maximum absolute atomic E-state index is 11.1. The number of nitrogens with zero attached hydrogens (tertiary/aromatic N) is 1. The van der Waals surface area contributed by atoms with E-state index in [9.17, 15) is 4.79 Å². The zero-order valence-electron chi connectivity index (χ0n) is 16.1. The van der Waals surface area contributed by atoms with E-state index < -0.39 is 11.6 Å². The first kappa shape index (κ1) is 19.8. The average Bonchev–Trinajstić information content (AvgIpc) is 3.18. The van der Waals surface area contributed by atoms with Gasteiger partial charge < -0.3 is 14.6 Å². The molecule has 1 atom stereocenters. The molecule has 2 N–H and O–H groups in total. The van der Waals surface area contributed by atoms with Crippen LogP contribution in [-0.2, 0) is 10.3 Å². The van der Waals surface area contributed by atoms with Gasteiger partial charge in [0.2, 0.25) is 0 Å². The van der Waals surface area contributed by atoms with E-state index in [-0.39, 0.29) is 12.6 Å². The van der Waals surface area contributed by atoms with Crippen LogP contribution in [0.5, 0.6) is 5.75 Å². The van der Waals surface area contributed by atoms with Crippen molar-refractivity contribution in [2.75, 3.05) is 13.7 Å². The van der Waals surface area contributed by atoms with E-state index in [1.807, 2.05) is 72.8 Å². The molecule has 1 unspecified atom stereocenters. The SMILES string of the molecule is COc1ccc(C2(c3cccc(-c4cccc(Cl)c4)c3)COC(NC(=O)O)=N2)cc1. The molecule has 0 saturated carbocycles. The number of amidine groups is 1. The third-order valence-electron chi connectivity index (χ3n) is 4.99. The van der Waals surface area contributed by atoms with Gasteiger partial charge in [-0.05, 0) is 52.6 Å². The van der Waals surface area contributed by atoms with Crippen molar-refractivity contribution in [2.45, 2.75) is 5.54 Å². The second-order valence-corrected chi connectivity index (χ2v) is 7.25. The molecule has 3 aromatic rings. The van der Waals surface area contributed by atoms with E-state index in [1.165, 1.54) is 0 Å². The molecule has 0 saturated heterocycles. The first-order valence-electron chi connectivity index (χ1n) is 9.24. The number of hydrogen-bond donors (Lipinski definition) is 2. The highest BCUT2D eigenvalue weighted by Gasteiger charge is 2.41. The Bertz CT molecular complexity index is 1110. The number of amides is 1. The molecule has 1 amide bonds. The fourth-order valence-corrected chi connectivity index (χ4v) is 3.71. The lowest BCUT2D eigenvalue weighted by Gasteiger charge is -2.26. The van der Waals surface area contributed by atoms with E-state index in [1.54, 1.807) is 7.11 Å². The Labute approximate surface area is 178 Å². The minimum atomic E-state index is -1.23. The van der Waals surface area contributed by atoms with Crippen molar-refractivity contribution in [3.63, 3.8) is 0 Å². The first-order valence-corrected chi connectivity index (χ1v) is 9.61. The quantitative estimate of drug-likeness (QED) is 0.625. The second-order valence-electron chi connectivity index (χ2n) is 6.82. The summed E-state index contributed by atoms with van der Waals surface area (Å²) in [7, 11) is 1.60. The molecular weight excluding hydrogens is 404 g/mol. The van der Waals surface area contributed by atoms with Gasteiger partial charge in [-0.2, -0.15) is 0 Å². The third kappa shape index (κ3) is 3.82. The molecule has 4 rings (SSSR count). The summed E-state index contributed by atoms with van der Waals surface area (Å²) in [5, 5.41) is 11.9. The Morgan fingerprint density at radius 1 is 1.07 bits per heavy atom. The predicted molar refractivity (Wildman–Crippen MR) is 115 cm³/mol. The summed E-state index contributed by atoms with van der Waals surface area (Å²) < 4.78 is 10.9. The van der Waals surface area contributed by atoms with Crippen molar-refractivity contribution >= 4 is 23.7 Å². The fourth-order valence-electron chi connectivity index (χ4n) is 3.52. The Morgan fingerprint density at radius 3 is 2.43 bits per heavy atom. The van der Waals surface area contributed by atoms with Crippen LogP contribution in [0, 0.1) is 0 Å². The number of aliphatic imine (C=N–C) groups is 1. The fraction of sp³-hybridized carbons (Fsp3) is 0.130. The van der Waals surface area contributed by atoms with Gasteiger partial charge in [0.05, 0.1) is 7.11 Å². The smallest absolute Gasteiger partial charge is 0.412 e. The van der Waals surface area contributed by atoms with Gasteiger partial charge in [0, 0.05) is 5.02 Å². The van der Waals surface area contributed by atoms with Gasteiger partial charge in [-0.1, -0.05) is 54.1 Å². The molecule has 0 fully saturated rings. The third-order valence-corrected chi connectivity index (χ3v) is 5.22. The van der Waals surface area contributed by atoms with Gasteiger partial charge in [0.1, 0.15) is 12.4 Å². The summed E-state index contributed by atoms with van der Waals surface area (Å²) in [6, 6.07) is 23.0. The Balaban J connectivity index is 1.83. The van der Waals surface area contributed by atoms with Crippen molar-refractivity contribution < 1.29 is 19.4 Å². The monoisotopic (exact) mass is 422 g/mol. The lowest BCUT2D eigenvalue weighted by molar-refractivity contribution is 0.195. The van der Waals surface area contributed by atoms with Crippen LogP contribution in [0.4, 0.5) is 4.79 Å². The van der Waals surface area contributed by atoms with Crippen molar-refractivity contribution in [1.82, 2.24) is 5.32 Å². The summed E-state index contributed by atoms with van der Waals surface area (Å²) in [5.74, 6) is 0.716. The zero-order chi connectivity index (χ0) is 21.1. The predicted octanol–water partition coefficient (Wildman–Crippen LogP) is 4.91. The van der Waals surface area contributed by atoms with Gasteiger partial charge >= 0.3 is 6.09 Å². The normalized spacial score (nSPS) is 17.7. The molecule has 0 spiro atoms. The lowest BCUT2D eigenvalue weighted by atomic mass is 9.83. The molecule has 30 heavy (non-hydrogen) atoms. The van der Waals surface area contributed by atoms with Crippen LogP contribution in [0.2, 0.25) is 5.02 Å². The van der Waals surface area contributed by atoms with E-state index in [0.29, 0.717) is 10.8 Å². The number of rotatable bonds is 4. The van der Waals surface area contributed by atoms with E-state index in [4.69, 9.17) is 26.2 Å². The minimum absolute atomic E-state index is 0.0357. The maximum atomic E-state index is 11.1. The number of ether oxygens (including phenoxy) is 2. The summed E-state index contributed by atoms with van der Waals surface area (Å²) in [4.78, 5) is 15.7. The summed E-state index contributed by atoms with van der Waals surface area (Å²) >= 11 is 6.16. The molecule has 152 valence electrons. The van der Waals surface area contributed by atoms with Gasteiger partial charge in [-0.15, -0.1) is 0 Å². The number of carbonyl (C=O) groups is 1. The molecular formula is C23H19ClN2O4. The van der Waals surface area contributed by atoms with Crippen molar-refractivity contribution in [3.05, 3.63) is 88.9 Å². The Hall–Kier alpha value is -3.51. The van der Waals surface area contributed by atoms with Gasteiger partial charge in [0.25, 0.3) is 6.02 Å². The largest absolute Gasteiger partial charge is 0.497 e. The standard InChI is InChI=1S/C23H19ClN2O4/c1-29-20-10-8-17(9-11-20)23(14-30-21(26-23)25-22(27)28)18-6-2-4-15(12-18)16-5-3-7-19(24)13-16/h2-13H,14H2,1H3,(H,25,26)(H,27,28). The van der Waals surface area contributed by atoms with Gasteiger partial charge in [0.15, 0.2) is 5.54 Å². The highest BCUT2D eigenvalue weighted by molar-refractivity contribution is 6.30. The van der Waals surface area contributed by atoms with Crippen LogP contribution in [0.1, 0.15) is 11.1 Å². The summed E-state index contributed by atoms with van der Waals surface area (Å²) in [5.41, 5.74) is 2.76. The van der Waals surface area contributed by atoms with Crippen molar-refractivity contribution in [3.8, 4) is 16.9 Å². The number of benzene rings is 3. The molecule has 1 aliphatic rings. The van der Waals surface area contributed by atoms with E-state index in [2.05, 4.69) is 10.3 Å². The van der Waals surface area contributed by atoms with Crippen molar-refractivity contribution in [1.29, 1.82) is 0 Å². The molecule has 1 heterocycles. The van der Waals surface area contributed by atoms with Crippen molar-refractivity contribution in [2.24, 2.45) is 4.99 Å². The first-order chi connectivity index (χ1) is 14.5. The molecule has 0 bridgehead atoms. The summed E-state index contributed by atoms with van der Waals surface area (Å²) in [6.45, 7) is 0.161. The number of nitrogens with one attached hydrogen (secondary N) is 1. The van der Waals surface area contributed by atoms with Crippen LogP contribution >= 0.6 is 11.6 Å². The summed E-state index contributed by atoms with van der Waals surface area (Å²) in [6.07, 6.45) is -1.23. The highest BCUT2D eigenvalue weighted by atomic mass is 35.5. The van der Waals surface area contributed by atoms with E-state index >= 15 is 0 Å². The van der Waals surface area contributed by atoms with Gasteiger partial charge in [-0.25, -0.2) is 15.1 Å². The Kier molecular flexibility index (Phi) is 5.33. The van der Waals surface area contributed by atoms with Crippen LogP contribution in [0.15, 0.2) is 77.8 Å². The van der Waals surface area contributed by atoms with Gasteiger partial charge in [-0.3, -0.25) is 0 Å². The molecule has 6 nitrogen and oxygen atoms in total. The lowest BCUT2D eigenvalue weighted by Crippen LogP contribution is -2.28. The molecule has 7 heteroatoms. The molecule has 0 aliphatic carbocycles. The topological polar surface area (TPSA) is 80.2 Å². The number of hydrogen-bond acceptors (Lipinski definition) is 4. The van der Waals surface area contributed by atoms with E-state index in [0.717, 1.165) is 22.3 Å². The minimum Gasteiger partial charge on any atom is -0.497 e. The Morgan fingerprint density at radius 2 is 1.77 bits per heavy atom. The second kappa shape index (κ2) is 8.08. The average molecular weight is 423 g/mol. The molecule has 0 aromatic heterocycles. The maximum Gasteiger partial charge on any atom is 0.412 e. The number of carboxylic acid groups (broad SMARTS) is 1. The van der Waals surface area contributed by atoms with Crippen LogP contribution in [0.25, 0.3) is 11.1 Å². The number of methoxy groups -OCH3 is 1. The molecule has 1 aliphatic heterocycles.